The normalized spacial score (nSPS) is 14.9. The lowest BCUT2D eigenvalue weighted by atomic mass is 9.99. The van der Waals surface area contributed by atoms with Gasteiger partial charge in [-0.2, -0.15) is 0 Å². The highest BCUT2D eigenvalue weighted by Gasteiger charge is 2.18. The summed E-state index contributed by atoms with van der Waals surface area (Å²) in [5.74, 6) is 0.936. The maximum Gasteiger partial charge on any atom is 0.122 e. The van der Waals surface area contributed by atoms with Crippen LogP contribution in [-0.4, -0.2) is 11.7 Å². The molecule has 0 aromatic heterocycles. The molecule has 0 bridgehead atoms. The van der Waals surface area contributed by atoms with Gasteiger partial charge in [0.2, 0.25) is 0 Å². The van der Waals surface area contributed by atoms with Gasteiger partial charge in [-0.15, -0.1) is 0 Å². The predicted molar refractivity (Wildman–Crippen MR) is 81.5 cm³/mol. The number of aliphatic hydroxyl groups excluding tert-OH is 1. The maximum absolute atomic E-state index is 10.5. The van der Waals surface area contributed by atoms with Crippen LogP contribution in [0.1, 0.15) is 22.8 Å². The molecule has 1 N–H and O–H groups in total. The minimum atomic E-state index is -0.631. The Morgan fingerprint density at radius 3 is 2.74 bits per heavy atom. The van der Waals surface area contributed by atoms with Crippen LogP contribution >= 0.6 is 31.9 Å². The molecule has 1 atom stereocenters. The molecule has 0 fully saturated rings. The zero-order chi connectivity index (χ0) is 13.4. The van der Waals surface area contributed by atoms with E-state index in [0.717, 1.165) is 38.8 Å². The van der Waals surface area contributed by atoms with Crippen molar-refractivity contribution in [1.29, 1.82) is 0 Å². The monoisotopic (exact) mass is 382 g/mol. The number of ether oxygens (including phenoxy) is 1. The SMILES string of the molecule is OC(c1ccc2c(c1)CCO2)c1ccc(Br)cc1Br. The average molecular weight is 384 g/mol. The molecule has 1 aliphatic heterocycles. The second kappa shape index (κ2) is 5.27. The number of halogens is 2. The van der Waals surface area contributed by atoms with Crippen molar-refractivity contribution in [1.82, 2.24) is 0 Å². The highest BCUT2D eigenvalue weighted by molar-refractivity contribution is 9.11. The molecule has 4 heteroatoms. The lowest BCUT2D eigenvalue weighted by Gasteiger charge is -2.14. The second-order valence-electron chi connectivity index (χ2n) is 4.53. The van der Waals surface area contributed by atoms with Crippen LogP contribution in [0, 0.1) is 0 Å². The van der Waals surface area contributed by atoms with Crippen molar-refractivity contribution in [3.8, 4) is 5.75 Å². The van der Waals surface area contributed by atoms with Gasteiger partial charge in [-0.05, 0) is 41.0 Å². The van der Waals surface area contributed by atoms with Crippen LogP contribution in [0.3, 0.4) is 0 Å². The van der Waals surface area contributed by atoms with Crippen LogP contribution in [0.15, 0.2) is 45.3 Å². The summed E-state index contributed by atoms with van der Waals surface area (Å²) in [5, 5.41) is 10.5. The van der Waals surface area contributed by atoms with Crippen LogP contribution in [0.2, 0.25) is 0 Å². The summed E-state index contributed by atoms with van der Waals surface area (Å²) in [4.78, 5) is 0. The standard InChI is InChI=1S/C15H12Br2O2/c16-11-2-3-12(13(17)8-11)15(18)10-1-4-14-9(7-10)5-6-19-14/h1-4,7-8,15,18H,5-6H2. The zero-order valence-electron chi connectivity index (χ0n) is 10.1. The molecular formula is C15H12Br2O2. The summed E-state index contributed by atoms with van der Waals surface area (Å²) in [7, 11) is 0. The molecule has 1 aliphatic rings. The van der Waals surface area contributed by atoms with E-state index in [0.29, 0.717) is 0 Å². The van der Waals surface area contributed by atoms with Crippen molar-refractivity contribution in [2.45, 2.75) is 12.5 Å². The van der Waals surface area contributed by atoms with Crippen molar-refractivity contribution in [3.63, 3.8) is 0 Å². The summed E-state index contributed by atoms with van der Waals surface area (Å²) < 4.78 is 7.36. The molecule has 2 nitrogen and oxygen atoms in total. The first-order valence-corrected chi connectivity index (χ1v) is 7.62. The average Bonchev–Trinajstić information content (AvgIpc) is 2.85. The van der Waals surface area contributed by atoms with Gasteiger partial charge >= 0.3 is 0 Å². The summed E-state index contributed by atoms with van der Waals surface area (Å²) in [5.41, 5.74) is 2.93. The zero-order valence-corrected chi connectivity index (χ0v) is 13.2. The number of rotatable bonds is 2. The largest absolute Gasteiger partial charge is 0.493 e. The molecule has 0 amide bonds. The van der Waals surface area contributed by atoms with E-state index < -0.39 is 6.10 Å². The molecule has 0 spiro atoms. The molecule has 1 heterocycles. The third-order valence-corrected chi connectivity index (χ3v) is 4.47. The predicted octanol–water partition coefficient (Wildman–Crippen LogP) is 4.23. The molecular weight excluding hydrogens is 372 g/mol. The molecule has 3 rings (SSSR count). The van der Waals surface area contributed by atoms with Gasteiger partial charge in [0.15, 0.2) is 0 Å². The molecule has 2 aromatic carbocycles. The van der Waals surface area contributed by atoms with Crippen LogP contribution in [0.4, 0.5) is 0 Å². The fourth-order valence-electron chi connectivity index (χ4n) is 2.28. The second-order valence-corrected chi connectivity index (χ2v) is 6.30. The summed E-state index contributed by atoms with van der Waals surface area (Å²) >= 11 is 6.91. The van der Waals surface area contributed by atoms with Crippen molar-refractivity contribution in [2.24, 2.45) is 0 Å². The number of aliphatic hydroxyl groups is 1. The lowest BCUT2D eigenvalue weighted by molar-refractivity contribution is 0.219. The van der Waals surface area contributed by atoms with Gasteiger partial charge < -0.3 is 9.84 Å². The highest BCUT2D eigenvalue weighted by Crippen LogP contribution is 2.34. The van der Waals surface area contributed by atoms with Crippen LogP contribution < -0.4 is 4.74 Å². The van der Waals surface area contributed by atoms with Crippen LogP contribution in [0.25, 0.3) is 0 Å². The van der Waals surface area contributed by atoms with Gasteiger partial charge in [0.05, 0.1) is 6.61 Å². The van der Waals surface area contributed by atoms with E-state index in [9.17, 15) is 5.11 Å². The van der Waals surface area contributed by atoms with Gasteiger partial charge in [-0.3, -0.25) is 0 Å². The number of hydrogen-bond acceptors (Lipinski definition) is 2. The van der Waals surface area contributed by atoms with Gasteiger partial charge in [-0.25, -0.2) is 0 Å². The Balaban J connectivity index is 1.97. The van der Waals surface area contributed by atoms with Gasteiger partial charge in [-0.1, -0.05) is 44.0 Å². The summed E-state index contributed by atoms with van der Waals surface area (Å²) in [6.45, 7) is 0.733. The first-order valence-electron chi connectivity index (χ1n) is 6.04. The molecule has 0 aliphatic carbocycles. The minimum Gasteiger partial charge on any atom is -0.493 e. The Labute approximate surface area is 128 Å². The van der Waals surface area contributed by atoms with E-state index in [1.54, 1.807) is 0 Å². The van der Waals surface area contributed by atoms with E-state index in [1.807, 2.05) is 36.4 Å². The molecule has 0 radical (unpaired) electrons. The molecule has 0 saturated heterocycles. The lowest BCUT2D eigenvalue weighted by Crippen LogP contribution is -2.01. The number of hydrogen-bond donors (Lipinski definition) is 1. The van der Waals surface area contributed by atoms with Crippen molar-refractivity contribution in [3.05, 3.63) is 62.0 Å². The van der Waals surface area contributed by atoms with Gasteiger partial charge in [0, 0.05) is 15.4 Å². The third kappa shape index (κ3) is 2.57. The number of benzene rings is 2. The third-order valence-electron chi connectivity index (χ3n) is 3.29. The van der Waals surface area contributed by atoms with Gasteiger partial charge in [0.25, 0.3) is 0 Å². The highest BCUT2D eigenvalue weighted by atomic mass is 79.9. The summed E-state index contributed by atoms with van der Waals surface area (Å²) in [6, 6.07) is 11.7. The Morgan fingerprint density at radius 1 is 1.11 bits per heavy atom. The van der Waals surface area contributed by atoms with E-state index in [4.69, 9.17) is 4.74 Å². The summed E-state index contributed by atoms with van der Waals surface area (Å²) in [6.07, 6.45) is 0.283. The first kappa shape index (κ1) is 13.2. The van der Waals surface area contributed by atoms with E-state index in [2.05, 4.69) is 31.9 Å². The molecule has 98 valence electrons. The van der Waals surface area contributed by atoms with E-state index >= 15 is 0 Å². The quantitative estimate of drug-likeness (QED) is 0.840. The van der Waals surface area contributed by atoms with Gasteiger partial charge in [0.1, 0.15) is 11.9 Å². The molecule has 2 aromatic rings. The number of fused-ring (bicyclic) bond motifs is 1. The van der Waals surface area contributed by atoms with E-state index in [-0.39, 0.29) is 0 Å². The topological polar surface area (TPSA) is 29.5 Å². The van der Waals surface area contributed by atoms with Crippen LogP contribution in [-0.2, 0) is 6.42 Å². The fraction of sp³-hybridized carbons (Fsp3) is 0.200. The van der Waals surface area contributed by atoms with Crippen LogP contribution in [0.5, 0.6) is 5.75 Å². The smallest absolute Gasteiger partial charge is 0.122 e. The molecule has 19 heavy (non-hydrogen) atoms. The first-order chi connectivity index (χ1) is 9.15. The van der Waals surface area contributed by atoms with Crippen molar-refractivity contribution >= 4 is 31.9 Å². The van der Waals surface area contributed by atoms with Crippen molar-refractivity contribution in [2.75, 3.05) is 6.61 Å². The molecule has 0 saturated carbocycles. The Hall–Kier alpha value is -0.840. The minimum absolute atomic E-state index is 0.631. The maximum atomic E-state index is 10.5. The Bertz CT molecular complexity index is 626. The Morgan fingerprint density at radius 2 is 1.95 bits per heavy atom. The fourth-order valence-corrected chi connectivity index (χ4v) is 3.54. The van der Waals surface area contributed by atoms with Crippen molar-refractivity contribution < 1.29 is 9.84 Å². The molecule has 1 unspecified atom stereocenters. The Kier molecular flexibility index (Phi) is 3.65. The van der Waals surface area contributed by atoms with E-state index in [1.165, 1.54) is 5.56 Å².